The van der Waals surface area contributed by atoms with E-state index in [0.29, 0.717) is 31.9 Å². The first-order valence-electron chi connectivity index (χ1n) is 11.1. The Morgan fingerprint density at radius 2 is 2.00 bits per heavy atom. The van der Waals surface area contributed by atoms with Crippen molar-refractivity contribution in [3.05, 3.63) is 65.1 Å². The molecule has 0 saturated carbocycles. The highest BCUT2D eigenvalue weighted by Gasteiger charge is 2.26. The summed E-state index contributed by atoms with van der Waals surface area (Å²) in [5.41, 5.74) is 5.59. The van der Waals surface area contributed by atoms with E-state index in [1.54, 1.807) is 7.11 Å². The summed E-state index contributed by atoms with van der Waals surface area (Å²) in [6.07, 6.45) is 7.93. The minimum atomic E-state index is -0.0923. The summed E-state index contributed by atoms with van der Waals surface area (Å²) in [4.78, 5) is 17.3. The number of piperidine rings is 1. The summed E-state index contributed by atoms with van der Waals surface area (Å²) in [5, 5.41) is 0. The van der Waals surface area contributed by atoms with Crippen LogP contribution in [0.4, 0.5) is 0 Å². The molecule has 0 bridgehead atoms. The number of carbonyl (C=O) groups is 1. The molecule has 0 spiro atoms. The molecule has 1 aliphatic carbocycles. The Labute approximate surface area is 179 Å². The summed E-state index contributed by atoms with van der Waals surface area (Å²) >= 11 is 0. The largest absolute Gasteiger partial charge is 0.489 e. The number of likely N-dealkylation sites (tertiary alicyclic amines) is 1. The van der Waals surface area contributed by atoms with Crippen LogP contribution in [-0.2, 0) is 20.7 Å². The Balaban J connectivity index is 1.22. The third kappa shape index (κ3) is 5.42. The second kappa shape index (κ2) is 10.1. The monoisotopic (exact) mass is 408 g/mol. The quantitative estimate of drug-likeness (QED) is 0.678. The molecule has 1 unspecified atom stereocenters. The molecule has 4 rings (SSSR count). The van der Waals surface area contributed by atoms with E-state index in [0.717, 1.165) is 31.1 Å². The van der Waals surface area contributed by atoms with Crippen LogP contribution in [0, 0.1) is 5.92 Å². The van der Waals surface area contributed by atoms with Gasteiger partial charge in [0.25, 0.3) is 0 Å². The first-order valence-corrected chi connectivity index (χ1v) is 11.1. The fraction of sp³-hybridized carbons (Fsp3) is 0.520. The molecule has 160 valence electrons. The number of rotatable bonds is 6. The van der Waals surface area contributed by atoms with Crippen molar-refractivity contribution in [2.75, 3.05) is 46.4 Å². The molecule has 3 aliphatic rings. The predicted octanol–water partition coefficient (Wildman–Crippen LogP) is 3.18. The van der Waals surface area contributed by atoms with Crippen molar-refractivity contribution in [3.63, 3.8) is 0 Å². The predicted molar refractivity (Wildman–Crippen MR) is 117 cm³/mol. The maximum Gasteiger partial charge on any atom is 0.224 e. The molecule has 1 atom stereocenters. The van der Waals surface area contributed by atoms with E-state index in [1.165, 1.54) is 24.8 Å². The Morgan fingerprint density at radius 3 is 2.77 bits per heavy atom. The molecule has 1 aromatic rings. The zero-order valence-electron chi connectivity index (χ0n) is 17.9. The Bertz CT molecular complexity index is 818. The summed E-state index contributed by atoms with van der Waals surface area (Å²) in [5.74, 6) is 1.66. The molecule has 2 fully saturated rings. The SMILES string of the molecule is COC1=C=CC2OCCN(C(=O)CCN3CCC(Cc4ccccc4)CC3)CC2=C1. The van der Waals surface area contributed by atoms with Crippen molar-refractivity contribution in [3.8, 4) is 0 Å². The lowest BCUT2D eigenvalue weighted by Crippen LogP contribution is -2.39. The van der Waals surface area contributed by atoms with Gasteiger partial charge in [0.05, 0.1) is 13.7 Å². The highest BCUT2D eigenvalue weighted by Crippen LogP contribution is 2.23. The van der Waals surface area contributed by atoms with Crippen molar-refractivity contribution in [1.29, 1.82) is 0 Å². The fourth-order valence-corrected chi connectivity index (χ4v) is 4.54. The van der Waals surface area contributed by atoms with Crippen LogP contribution < -0.4 is 0 Å². The third-order valence-electron chi connectivity index (χ3n) is 6.38. The number of ether oxygens (including phenoxy) is 2. The van der Waals surface area contributed by atoms with Crippen LogP contribution in [0.3, 0.4) is 0 Å². The van der Waals surface area contributed by atoms with Crippen molar-refractivity contribution in [2.45, 2.75) is 31.8 Å². The van der Waals surface area contributed by atoms with Gasteiger partial charge < -0.3 is 19.3 Å². The molecule has 2 saturated heterocycles. The van der Waals surface area contributed by atoms with Gasteiger partial charge in [0.15, 0.2) is 5.76 Å². The van der Waals surface area contributed by atoms with Crippen molar-refractivity contribution in [2.24, 2.45) is 5.92 Å². The highest BCUT2D eigenvalue weighted by molar-refractivity contribution is 5.76. The molecule has 5 heteroatoms. The van der Waals surface area contributed by atoms with Gasteiger partial charge in [-0.15, -0.1) is 0 Å². The second-order valence-electron chi connectivity index (χ2n) is 8.43. The Morgan fingerprint density at radius 1 is 1.20 bits per heavy atom. The lowest BCUT2D eigenvalue weighted by atomic mass is 9.90. The summed E-state index contributed by atoms with van der Waals surface area (Å²) in [6, 6.07) is 10.8. The average molecular weight is 409 g/mol. The molecule has 30 heavy (non-hydrogen) atoms. The molecule has 1 amide bonds. The van der Waals surface area contributed by atoms with Crippen LogP contribution in [-0.4, -0.2) is 68.3 Å². The van der Waals surface area contributed by atoms with Crippen molar-refractivity contribution >= 4 is 5.91 Å². The van der Waals surface area contributed by atoms with Crippen LogP contribution in [0.25, 0.3) is 0 Å². The highest BCUT2D eigenvalue weighted by atomic mass is 16.5. The number of hydrogen-bond acceptors (Lipinski definition) is 4. The van der Waals surface area contributed by atoms with Gasteiger partial charge in [-0.3, -0.25) is 4.79 Å². The molecule has 0 N–H and O–H groups in total. The maximum absolute atomic E-state index is 12.9. The second-order valence-corrected chi connectivity index (χ2v) is 8.43. The zero-order valence-corrected chi connectivity index (χ0v) is 17.9. The first kappa shape index (κ1) is 20.9. The van der Waals surface area contributed by atoms with E-state index >= 15 is 0 Å². The smallest absolute Gasteiger partial charge is 0.224 e. The number of fused-ring (bicyclic) bond motifs is 1. The lowest BCUT2D eigenvalue weighted by molar-refractivity contribution is -0.131. The van der Waals surface area contributed by atoms with Crippen LogP contribution >= 0.6 is 0 Å². The molecular formula is C25H32N2O3. The number of carbonyl (C=O) groups excluding carboxylic acids is 1. The van der Waals surface area contributed by atoms with E-state index in [4.69, 9.17) is 9.47 Å². The third-order valence-corrected chi connectivity index (χ3v) is 6.38. The van der Waals surface area contributed by atoms with Gasteiger partial charge in [-0.2, -0.15) is 0 Å². The van der Waals surface area contributed by atoms with Gasteiger partial charge in [0.1, 0.15) is 6.10 Å². The first-order chi connectivity index (χ1) is 14.7. The summed E-state index contributed by atoms with van der Waals surface area (Å²) < 4.78 is 11.2. The Kier molecular flexibility index (Phi) is 7.06. The van der Waals surface area contributed by atoms with E-state index in [9.17, 15) is 4.79 Å². The van der Waals surface area contributed by atoms with E-state index in [-0.39, 0.29) is 12.0 Å². The standard InChI is InChI=1S/C25H32N2O3/c1-29-23-7-8-24-22(18-23)19-27(15-16-30-24)25(28)11-14-26-12-9-21(10-13-26)17-20-5-3-2-4-6-20/h2-6,8,18,21,24H,9-17,19H2,1H3. The number of amides is 1. The van der Waals surface area contributed by atoms with E-state index < -0.39 is 0 Å². The minimum Gasteiger partial charge on any atom is -0.489 e. The van der Waals surface area contributed by atoms with Gasteiger partial charge in [-0.05, 0) is 61.6 Å². The van der Waals surface area contributed by atoms with Crippen molar-refractivity contribution in [1.82, 2.24) is 9.80 Å². The van der Waals surface area contributed by atoms with Gasteiger partial charge in [-0.1, -0.05) is 36.1 Å². The summed E-state index contributed by atoms with van der Waals surface area (Å²) in [7, 11) is 1.64. The molecule has 2 aliphatic heterocycles. The fourth-order valence-electron chi connectivity index (χ4n) is 4.54. The molecular weight excluding hydrogens is 376 g/mol. The average Bonchev–Trinajstić information content (AvgIpc) is 3.01. The van der Waals surface area contributed by atoms with Gasteiger partial charge in [0, 0.05) is 26.1 Å². The molecule has 0 aromatic heterocycles. The van der Waals surface area contributed by atoms with E-state index in [2.05, 4.69) is 41.0 Å². The Hall–Kier alpha value is -2.33. The molecule has 2 heterocycles. The van der Waals surface area contributed by atoms with Gasteiger partial charge in [0.2, 0.25) is 5.91 Å². The number of hydrogen-bond donors (Lipinski definition) is 0. The number of benzene rings is 1. The van der Waals surface area contributed by atoms with Crippen molar-refractivity contribution < 1.29 is 14.3 Å². The van der Waals surface area contributed by atoms with Crippen LogP contribution in [0.2, 0.25) is 0 Å². The minimum absolute atomic E-state index is 0.0923. The van der Waals surface area contributed by atoms with Crippen LogP contribution in [0.1, 0.15) is 24.8 Å². The van der Waals surface area contributed by atoms with E-state index in [1.807, 2.05) is 17.1 Å². The summed E-state index contributed by atoms with van der Waals surface area (Å²) in [6.45, 7) is 4.83. The number of methoxy groups -OCH3 is 1. The molecule has 1 aromatic carbocycles. The lowest BCUT2D eigenvalue weighted by Gasteiger charge is -2.32. The zero-order chi connectivity index (χ0) is 20.8. The van der Waals surface area contributed by atoms with Gasteiger partial charge >= 0.3 is 0 Å². The number of nitrogens with zero attached hydrogens (tertiary/aromatic N) is 2. The maximum atomic E-state index is 12.9. The van der Waals surface area contributed by atoms with Gasteiger partial charge in [-0.25, -0.2) is 0 Å². The topological polar surface area (TPSA) is 42.0 Å². The normalized spacial score (nSPS) is 22.7. The van der Waals surface area contributed by atoms with Crippen LogP contribution in [0.15, 0.2) is 59.5 Å². The molecule has 0 radical (unpaired) electrons. The van der Waals surface area contributed by atoms with Crippen LogP contribution in [0.5, 0.6) is 0 Å². The molecule has 5 nitrogen and oxygen atoms in total.